The van der Waals surface area contributed by atoms with Crippen molar-refractivity contribution < 1.29 is 9.53 Å². The van der Waals surface area contributed by atoms with Gasteiger partial charge in [-0.05, 0) is 37.4 Å². The average Bonchev–Trinajstić information content (AvgIpc) is 2.63. The summed E-state index contributed by atoms with van der Waals surface area (Å²) >= 11 is 0. The summed E-state index contributed by atoms with van der Waals surface area (Å²) in [6, 6.07) is 6.09. The van der Waals surface area contributed by atoms with Crippen molar-refractivity contribution in [2.75, 3.05) is 64.4 Å². The molecule has 2 aliphatic rings. The van der Waals surface area contributed by atoms with E-state index in [4.69, 9.17) is 4.74 Å². The van der Waals surface area contributed by atoms with Crippen LogP contribution in [0.1, 0.15) is 12.8 Å². The molecule has 0 aliphatic carbocycles. The summed E-state index contributed by atoms with van der Waals surface area (Å²) in [7, 11) is 1.46. The number of anilines is 1. The van der Waals surface area contributed by atoms with E-state index in [2.05, 4.69) is 25.8 Å². The molecule has 3 heterocycles. The normalized spacial score (nSPS) is 23.2. The molecule has 1 aromatic rings. The number of nitrogens with zero attached hydrogens (tertiary/aromatic N) is 4. The number of carbonyl (C=O) groups is 1. The summed E-state index contributed by atoms with van der Waals surface area (Å²) in [5.41, 5.74) is 0. The number of piperazine rings is 1. The van der Waals surface area contributed by atoms with E-state index in [0.29, 0.717) is 12.5 Å². The van der Waals surface area contributed by atoms with E-state index >= 15 is 0 Å². The summed E-state index contributed by atoms with van der Waals surface area (Å²) in [6.45, 7) is 7.84. The van der Waals surface area contributed by atoms with Gasteiger partial charge in [0.15, 0.2) is 0 Å². The maximum Gasteiger partial charge on any atom is 0.319 e. The maximum absolute atomic E-state index is 11.5. The molecule has 132 valence electrons. The molecule has 2 saturated heterocycles. The molecular weight excluding hydrogens is 304 g/mol. The number of ether oxygens (including phenoxy) is 1. The molecule has 0 radical (unpaired) electrons. The Balaban J connectivity index is 1.43. The average molecular weight is 332 g/mol. The number of aromatic nitrogens is 1. The molecule has 0 N–H and O–H groups in total. The van der Waals surface area contributed by atoms with E-state index in [9.17, 15) is 4.79 Å². The lowest BCUT2D eigenvalue weighted by Crippen LogP contribution is -2.50. The van der Waals surface area contributed by atoms with Gasteiger partial charge in [0.1, 0.15) is 5.82 Å². The van der Waals surface area contributed by atoms with Gasteiger partial charge in [0, 0.05) is 45.5 Å². The van der Waals surface area contributed by atoms with Gasteiger partial charge in [-0.1, -0.05) is 6.07 Å². The predicted octanol–water partition coefficient (Wildman–Crippen LogP) is 1.09. The number of rotatable bonds is 5. The van der Waals surface area contributed by atoms with Crippen LogP contribution in [0.5, 0.6) is 0 Å². The summed E-state index contributed by atoms with van der Waals surface area (Å²) in [5, 5.41) is 0. The highest BCUT2D eigenvalue weighted by Gasteiger charge is 2.25. The van der Waals surface area contributed by atoms with E-state index < -0.39 is 0 Å². The van der Waals surface area contributed by atoms with Crippen LogP contribution in [-0.4, -0.2) is 80.2 Å². The van der Waals surface area contributed by atoms with Crippen molar-refractivity contribution in [2.24, 2.45) is 5.92 Å². The van der Waals surface area contributed by atoms with Gasteiger partial charge in [-0.2, -0.15) is 0 Å². The second-order valence-electron chi connectivity index (χ2n) is 6.80. The summed E-state index contributed by atoms with van der Waals surface area (Å²) < 4.78 is 4.79. The van der Waals surface area contributed by atoms with Gasteiger partial charge in [-0.15, -0.1) is 0 Å². The molecule has 3 rings (SSSR count). The molecule has 0 unspecified atom stereocenters. The zero-order valence-corrected chi connectivity index (χ0v) is 14.6. The molecular formula is C18H28N4O2. The van der Waals surface area contributed by atoms with E-state index in [0.717, 1.165) is 51.6 Å². The summed E-state index contributed by atoms with van der Waals surface area (Å²) in [4.78, 5) is 23.1. The minimum Gasteiger partial charge on any atom is -0.468 e. The largest absolute Gasteiger partial charge is 0.468 e. The highest BCUT2D eigenvalue weighted by Crippen LogP contribution is 2.19. The maximum atomic E-state index is 11.5. The Hall–Kier alpha value is -1.66. The van der Waals surface area contributed by atoms with Crippen molar-refractivity contribution in [1.29, 1.82) is 0 Å². The number of hydrogen-bond acceptors (Lipinski definition) is 6. The van der Waals surface area contributed by atoms with E-state index in [1.807, 2.05) is 18.3 Å². The van der Waals surface area contributed by atoms with Crippen molar-refractivity contribution in [2.45, 2.75) is 12.8 Å². The van der Waals surface area contributed by atoms with E-state index in [1.54, 1.807) is 0 Å². The van der Waals surface area contributed by atoms with Crippen LogP contribution >= 0.6 is 0 Å². The third-order valence-corrected chi connectivity index (χ3v) is 5.05. The molecule has 1 aromatic heterocycles. The molecule has 0 bridgehead atoms. The van der Waals surface area contributed by atoms with Gasteiger partial charge in [-0.3, -0.25) is 14.6 Å². The molecule has 24 heavy (non-hydrogen) atoms. The van der Waals surface area contributed by atoms with Gasteiger partial charge in [0.05, 0.1) is 13.7 Å². The Bertz CT molecular complexity index is 517. The second kappa shape index (κ2) is 8.44. The van der Waals surface area contributed by atoms with Gasteiger partial charge < -0.3 is 9.64 Å². The monoisotopic (exact) mass is 332 g/mol. The number of carbonyl (C=O) groups excluding carboxylic acids is 1. The topological polar surface area (TPSA) is 48.9 Å². The van der Waals surface area contributed by atoms with Gasteiger partial charge in [-0.25, -0.2) is 4.98 Å². The smallest absolute Gasteiger partial charge is 0.319 e. The Labute approximate surface area is 144 Å². The predicted molar refractivity (Wildman–Crippen MR) is 94.1 cm³/mol. The van der Waals surface area contributed by atoms with Crippen LogP contribution in [-0.2, 0) is 9.53 Å². The van der Waals surface area contributed by atoms with E-state index in [1.165, 1.54) is 20.0 Å². The highest BCUT2D eigenvalue weighted by atomic mass is 16.5. The van der Waals surface area contributed by atoms with Crippen molar-refractivity contribution in [3.05, 3.63) is 24.4 Å². The minimum absolute atomic E-state index is 0.125. The van der Waals surface area contributed by atoms with Crippen molar-refractivity contribution in [3.8, 4) is 0 Å². The molecule has 6 heteroatoms. The van der Waals surface area contributed by atoms with Crippen LogP contribution in [0.3, 0.4) is 0 Å². The number of esters is 1. The highest BCUT2D eigenvalue weighted by molar-refractivity contribution is 5.71. The van der Waals surface area contributed by atoms with Gasteiger partial charge in [0.2, 0.25) is 0 Å². The first-order chi connectivity index (χ1) is 11.7. The molecule has 6 nitrogen and oxygen atoms in total. The lowest BCUT2D eigenvalue weighted by molar-refractivity contribution is -0.142. The lowest BCUT2D eigenvalue weighted by Gasteiger charge is -2.39. The zero-order valence-electron chi connectivity index (χ0n) is 14.6. The fraction of sp³-hybridized carbons (Fsp3) is 0.667. The van der Waals surface area contributed by atoms with Crippen LogP contribution in [0.4, 0.5) is 5.82 Å². The summed E-state index contributed by atoms with van der Waals surface area (Å²) in [5.74, 6) is 1.61. The molecule has 2 aliphatic heterocycles. The standard InChI is InChI=1S/C18H28N4O2/c1-24-18(23)15-21-8-4-5-16(14-21)13-20-9-11-22(12-10-20)17-6-2-3-7-19-17/h2-3,6-7,16H,4-5,8-15H2,1H3/t16-/m1/s1. The van der Waals surface area contributed by atoms with Gasteiger partial charge >= 0.3 is 5.97 Å². The minimum atomic E-state index is -0.125. The molecule has 1 atom stereocenters. The van der Waals surface area contributed by atoms with Crippen molar-refractivity contribution in [1.82, 2.24) is 14.8 Å². The van der Waals surface area contributed by atoms with Crippen LogP contribution in [0.15, 0.2) is 24.4 Å². The Morgan fingerprint density at radius 3 is 2.75 bits per heavy atom. The van der Waals surface area contributed by atoms with Crippen LogP contribution < -0.4 is 4.90 Å². The third-order valence-electron chi connectivity index (χ3n) is 5.05. The molecule has 2 fully saturated rings. The van der Waals surface area contributed by atoms with Gasteiger partial charge in [0.25, 0.3) is 0 Å². The molecule has 0 spiro atoms. The second-order valence-corrected chi connectivity index (χ2v) is 6.80. The fourth-order valence-electron chi connectivity index (χ4n) is 3.76. The van der Waals surface area contributed by atoms with Crippen LogP contribution in [0.2, 0.25) is 0 Å². The molecule has 0 saturated carbocycles. The number of methoxy groups -OCH3 is 1. The van der Waals surface area contributed by atoms with Crippen molar-refractivity contribution >= 4 is 11.8 Å². The van der Waals surface area contributed by atoms with Crippen molar-refractivity contribution in [3.63, 3.8) is 0 Å². The van der Waals surface area contributed by atoms with Crippen LogP contribution in [0.25, 0.3) is 0 Å². The first-order valence-electron chi connectivity index (χ1n) is 8.92. The quantitative estimate of drug-likeness (QED) is 0.753. The molecule has 0 aromatic carbocycles. The number of likely N-dealkylation sites (tertiary alicyclic amines) is 1. The van der Waals surface area contributed by atoms with Crippen LogP contribution in [0, 0.1) is 5.92 Å². The zero-order chi connectivity index (χ0) is 16.8. The fourth-order valence-corrected chi connectivity index (χ4v) is 3.76. The first kappa shape index (κ1) is 17.2. The number of hydrogen-bond donors (Lipinski definition) is 0. The molecule has 0 amide bonds. The van der Waals surface area contributed by atoms with E-state index in [-0.39, 0.29) is 5.97 Å². The lowest BCUT2D eigenvalue weighted by atomic mass is 9.97. The number of pyridine rings is 1. The SMILES string of the molecule is COC(=O)CN1CCC[C@H](CN2CCN(c3ccccn3)CC2)C1. The Morgan fingerprint density at radius 2 is 2.04 bits per heavy atom. The number of piperidine rings is 1. The summed E-state index contributed by atoms with van der Waals surface area (Å²) in [6.07, 6.45) is 4.30. The Kier molecular flexibility index (Phi) is 6.04. The third kappa shape index (κ3) is 4.68. The Morgan fingerprint density at radius 1 is 1.21 bits per heavy atom. The first-order valence-corrected chi connectivity index (χ1v) is 8.92.